The number of hydrogen-bond acceptors (Lipinski definition) is 2. The minimum Gasteiger partial charge on any atom is -0.268 e. The van der Waals surface area contributed by atoms with Gasteiger partial charge in [-0.05, 0) is 32.6 Å². The van der Waals surface area contributed by atoms with Gasteiger partial charge in [-0.2, -0.15) is 0 Å². The van der Waals surface area contributed by atoms with Gasteiger partial charge in [0.2, 0.25) is 0 Å². The second-order valence-corrected chi connectivity index (χ2v) is 4.11. The Morgan fingerprint density at radius 2 is 2.08 bits per heavy atom. The first-order valence-corrected chi connectivity index (χ1v) is 5.25. The maximum Gasteiger partial charge on any atom is 0.119 e. The summed E-state index contributed by atoms with van der Waals surface area (Å²) in [5.74, 6) is 1.71. The lowest BCUT2D eigenvalue weighted by Crippen LogP contribution is -2.06. The molecule has 2 heteroatoms. The van der Waals surface area contributed by atoms with E-state index in [1.807, 2.05) is 13.1 Å². The van der Waals surface area contributed by atoms with Crippen molar-refractivity contribution in [1.82, 2.24) is 0 Å². The zero-order valence-corrected chi connectivity index (χ0v) is 8.95. The van der Waals surface area contributed by atoms with E-state index >= 15 is 0 Å². The van der Waals surface area contributed by atoms with Gasteiger partial charge >= 0.3 is 0 Å². The lowest BCUT2D eigenvalue weighted by atomic mass is 9.99. The first-order valence-electron chi connectivity index (χ1n) is 5.25. The second-order valence-electron chi connectivity index (χ2n) is 4.11. The van der Waals surface area contributed by atoms with E-state index in [1.54, 1.807) is 0 Å². The normalized spacial score (nSPS) is 31.2. The minimum atomic E-state index is 0.447. The SMILES string of the molecule is CC1=NC(C)CCCC(C)CC=N1. The van der Waals surface area contributed by atoms with Crippen LogP contribution < -0.4 is 0 Å². The average molecular weight is 180 g/mol. The molecule has 0 N–H and O–H groups in total. The predicted molar refractivity (Wildman–Crippen MR) is 58.7 cm³/mol. The molecule has 1 aliphatic rings. The maximum atomic E-state index is 4.48. The Balaban J connectivity index is 2.59. The van der Waals surface area contributed by atoms with Crippen molar-refractivity contribution in [2.24, 2.45) is 15.9 Å². The van der Waals surface area contributed by atoms with Gasteiger partial charge in [-0.3, -0.25) is 4.99 Å². The Hall–Kier alpha value is -0.660. The molecule has 0 aromatic rings. The summed E-state index contributed by atoms with van der Waals surface area (Å²) in [5.41, 5.74) is 0. The summed E-state index contributed by atoms with van der Waals surface area (Å²) in [6.45, 7) is 6.45. The van der Waals surface area contributed by atoms with Crippen LogP contribution in [0.15, 0.2) is 9.98 Å². The standard InChI is InChI=1S/C11H20N2/c1-9-5-4-6-10(2)13-11(3)12-8-7-9/h8-10H,4-7H2,1-3H3. The first kappa shape index (κ1) is 10.4. The largest absolute Gasteiger partial charge is 0.268 e. The molecule has 1 aliphatic heterocycles. The number of hydrogen-bond donors (Lipinski definition) is 0. The van der Waals surface area contributed by atoms with Crippen molar-refractivity contribution in [1.29, 1.82) is 0 Å². The molecule has 0 aromatic carbocycles. The Bertz CT molecular complexity index is 206. The fraction of sp³-hybridized carbons (Fsp3) is 0.818. The van der Waals surface area contributed by atoms with E-state index in [0.717, 1.165) is 18.2 Å². The van der Waals surface area contributed by atoms with Crippen LogP contribution in [0.1, 0.15) is 46.5 Å². The minimum absolute atomic E-state index is 0.447. The van der Waals surface area contributed by atoms with E-state index < -0.39 is 0 Å². The molecule has 0 fully saturated rings. The van der Waals surface area contributed by atoms with Crippen molar-refractivity contribution < 1.29 is 0 Å². The highest BCUT2D eigenvalue weighted by Crippen LogP contribution is 2.14. The quantitative estimate of drug-likeness (QED) is 0.547. The summed E-state index contributed by atoms with van der Waals surface area (Å²) in [4.78, 5) is 8.79. The molecule has 2 nitrogen and oxygen atoms in total. The van der Waals surface area contributed by atoms with Crippen molar-refractivity contribution in [2.45, 2.75) is 52.5 Å². The van der Waals surface area contributed by atoms with Crippen LogP contribution in [0.2, 0.25) is 0 Å². The molecule has 0 bridgehead atoms. The Morgan fingerprint density at radius 3 is 2.85 bits per heavy atom. The fourth-order valence-electron chi connectivity index (χ4n) is 1.66. The fourth-order valence-corrected chi connectivity index (χ4v) is 1.66. The lowest BCUT2D eigenvalue weighted by molar-refractivity contribution is 0.493. The van der Waals surface area contributed by atoms with Crippen LogP contribution in [0.3, 0.4) is 0 Å². The van der Waals surface area contributed by atoms with E-state index in [9.17, 15) is 0 Å². The third-order valence-electron chi connectivity index (χ3n) is 2.51. The van der Waals surface area contributed by atoms with Crippen LogP contribution in [-0.2, 0) is 0 Å². The number of aliphatic imine (C=N–C) groups is 2. The van der Waals surface area contributed by atoms with Crippen molar-refractivity contribution >= 4 is 12.1 Å². The van der Waals surface area contributed by atoms with Gasteiger partial charge in [0.15, 0.2) is 0 Å². The van der Waals surface area contributed by atoms with Gasteiger partial charge in [-0.25, -0.2) is 4.99 Å². The van der Waals surface area contributed by atoms with E-state index in [-0.39, 0.29) is 0 Å². The third kappa shape index (κ3) is 4.20. The number of rotatable bonds is 0. The molecular weight excluding hydrogens is 160 g/mol. The Labute approximate surface area is 81.2 Å². The summed E-state index contributed by atoms with van der Waals surface area (Å²) in [6.07, 6.45) is 6.93. The third-order valence-corrected chi connectivity index (χ3v) is 2.51. The number of amidine groups is 1. The van der Waals surface area contributed by atoms with E-state index in [0.29, 0.717) is 6.04 Å². The first-order chi connectivity index (χ1) is 6.18. The Kier molecular flexibility index (Phi) is 4.13. The molecule has 0 saturated heterocycles. The van der Waals surface area contributed by atoms with Gasteiger partial charge < -0.3 is 0 Å². The molecule has 13 heavy (non-hydrogen) atoms. The highest BCUT2D eigenvalue weighted by Gasteiger charge is 2.05. The monoisotopic (exact) mass is 180 g/mol. The number of nitrogens with zero attached hydrogens (tertiary/aromatic N) is 2. The molecule has 0 radical (unpaired) electrons. The molecule has 1 rings (SSSR count). The Morgan fingerprint density at radius 1 is 1.31 bits per heavy atom. The summed E-state index contributed by atoms with van der Waals surface area (Å²) < 4.78 is 0. The van der Waals surface area contributed by atoms with Crippen molar-refractivity contribution in [3.8, 4) is 0 Å². The molecule has 0 aliphatic carbocycles. The van der Waals surface area contributed by atoms with Crippen LogP contribution in [0.4, 0.5) is 0 Å². The van der Waals surface area contributed by atoms with Crippen molar-refractivity contribution in [3.05, 3.63) is 0 Å². The van der Waals surface area contributed by atoms with Crippen molar-refractivity contribution in [3.63, 3.8) is 0 Å². The van der Waals surface area contributed by atoms with Crippen LogP contribution in [-0.4, -0.2) is 18.1 Å². The maximum absolute atomic E-state index is 4.48. The van der Waals surface area contributed by atoms with Crippen LogP contribution in [0, 0.1) is 5.92 Å². The van der Waals surface area contributed by atoms with E-state index in [1.165, 1.54) is 19.3 Å². The van der Waals surface area contributed by atoms with Crippen LogP contribution in [0.5, 0.6) is 0 Å². The molecule has 0 amide bonds. The highest BCUT2D eigenvalue weighted by molar-refractivity contribution is 5.87. The molecule has 0 aromatic heterocycles. The average Bonchev–Trinajstić information content (AvgIpc) is 2.03. The summed E-state index contributed by atoms with van der Waals surface area (Å²) in [7, 11) is 0. The van der Waals surface area contributed by atoms with Gasteiger partial charge in [0.05, 0.1) is 0 Å². The smallest absolute Gasteiger partial charge is 0.119 e. The molecule has 2 unspecified atom stereocenters. The molecule has 1 heterocycles. The predicted octanol–water partition coefficient (Wildman–Crippen LogP) is 3.07. The molecule has 0 spiro atoms. The molecule has 74 valence electrons. The lowest BCUT2D eigenvalue weighted by Gasteiger charge is -2.12. The molecule has 0 saturated carbocycles. The van der Waals surface area contributed by atoms with Gasteiger partial charge in [0, 0.05) is 12.3 Å². The van der Waals surface area contributed by atoms with Gasteiger partial charge in [0.1, 0.15) is 5.84 Å². The summed E-state index contributed by atoms with van der Waals surface area (Å²) in [6, 6.07) is 0.447. The summed E-state index contributed by atoms with van der Waals surface area (Å²) >= 11 is 0. The molecule has 2 atom stereocenters. The van der Waals surface area contributed by atoms with Gasteiger partial charge in [-0.1, -0.05) is 19.8 Å². The zero-order valence-electron chi connectivity index (χ0n) is 8.95. The summed E-state index contributed by atoms with van der Waals surface area (Å²) in [5, 5.41) is 0. The topological polar surface area (TPSA) is 24.7 Å². The van der Waals surface area contributed by atoms with E-state index in [4.69, 9.17) is 0 Å². The van der Waals surface area contributed by atoms with Crippen molar-refractivity contribution in [2.75, 3.05) is 0 Å². The second kappa shape index (κ2) is 5.15. The van der Waals surface area contributed by atoms with Gasteiger partial charge in [-0.15, -0.1) is 0 Å². The van der Waals surface area contributed by atoms with Crippen LogP contribution in [0.25, 0.3) is 0 Å². The molecular formula is C11H20N2. The zero-order chi connectivity index (χ0) is 9.68. The van der Waals surface area contributed by atoms with Gasteiger partial charge in [0.25, 0.3) is 0 Å². The highest BCUT2D eigenvalue weighted by atomic mass is 14.9. The van der Waals surface area contributed by atoms with Crippen LogP contribution >= 0.6 is 0 Å². The van der Waals surface area contributed by atoms with E-state index in [2.05, 4.69) is 23.8 Å².